The van der Waals surface area contributed by atoms with Gasteiger partial charge in [0.15, 0.2) is 0 Å². The minimum absolute atomic E-state index is 0.0237. The fourth-order valence-electron chi connectivity index (χ4n) is 4.67. The first-order chi connectivity index (χ1) is 43.6. The highest BCUT2D eigenvalue weighted by atomic mass is 127. The van der Waals surface area contributed by atoms with Crippen molar-refractivity contribution in [2.24, 2.45) is 98.6 Å². The summed E-state index contributed by atoms with van der Waals surface area (Å²) in [6.07, 6.45) is 4.33. The van der Waals surface area contributed by atoms with Gasteiger partial charge in [0.1, 0.15) is 4.83 Å². The fraction of sp³-hybridized carbons (Fsp3) is 0.569. The van der Waals surface area contributed by atoms with Crippen LogP contribution < -0.4 is 63.1 Å². The summed E-state index contributed by atoms with van der Waals surface area (Å²) in [7, 11) is 0. The summed E-state index contributed by atoms with van der Waals surface area (Å²) < 4.78 is 2.57. The first kappa shape index (κ1) is 112. The van der Waals surface area contributed by atoms with E-state index in [2.05, 4.69) is 243 Å². The normalized spacial score (nSPS) is 11.8. The minimum atomic E-state index is -0.447. The Balaban J connectivity index is -0.000000122. The number of rotatable bonds is 30. The van der Waals surface area contributed by atoms with Crippen LogP contribution in [0.1, 0.15) is 103 Å². The molecule has 0 bridgehead atoms. The third kappa shape index (κ3) is 74.3. The zero-order valence-corrected chi connectivity index (χ0v) is 76.7. The van der Waals surface area contributed by atoms with Gasteiger partial charge >= 0.3 is 0 Å². The average molecular weight is 2340 g/mol. The molecule has 2 rings (SSSR count). The first-order valence-electron chi connectivity index (χ1n) is 27.8. The van der Waals surface area contributed by atoms with E-state index in [1.165, 1.54) is 0 Å². The Hall–Kier alpha value is -0.430. The molecule has 36 heteroatoms. The molecule has 2 aromatic rings. The van der Waals surface area contributed by atoms with Gasteiger partial charge in [0.25, 0.3) is 0 Å². The fourth-order valence-corrected chi connectivity index (χ4v) is 14.2. The van der Waals surface area contributed by atoms with Gasteiger partial charge in [-0.15, -0.1) is 0 Å². The van der Waals surface area contributed by atoms with Gasteiger partial charge in [0, 0.05) is 102 Å². The molecule has 11 amide bonds. The van der Waals surface area contributed by atoms with Crippen molar-refractivity contribution in [2.45, 2.75) is 102 Å². The van der Waals surface area contributed by atoms with Gasteiger partial charge in [0.2, 0.25) is 65.0 Å². The molecular weight excluding hydrogens is 2240 g/mol. The summed E-state index contributed by atoms with van der Waals surface area (Å²) in [5, 5.41) is 5.61. The Morgan fingerprint density at radius 1 is 0.479 bits per heavy atom. The molecule has 0 radical (unpaired) electrons. The molecule has 2 aromatic carbocycles. The predicted octanol–water partition coefficient (Wildman–Crippen LogP) is 11.2. The number of alkyl halides is 13. The van der Waals surface area contributed by atoms with Crippen LogP contribution in [0, 0.1) is 35.5 Å². The van der Waals surface area contributed by atoms with Gasteiger partial charge < -0.3 is 63.1 Å². The number of hydrogen-bond acceptors (Lipinski definition) is 11. The molecule has 0 aliphatic heterocycles. The van der Waals surface area contributed by atoms with Crippen LogP contribution in [-0.2, 0) is 52.7 Å². The number of halogens is 14. The summed E-state index contributed by atoms with van der Waals surface area (Å²) in [5.41, 5.74) is 57.2. The van der Waals surface area contributed by atoms with Crippen LogP contribution in [-0.4, -0.2) is 131 Å². The van der Waals surface area contributed by atoms with Crippen molar-refractivity contribution < 1.29 is 52.7 Å². The molecule has 0 heterocycles. The van der Waals surface area contributed by atoms with E-state index < -0.39 is 5.91 Å². The molecule has 7 atom stereocenters. The van der Waals surface area contributed by atoms with E-state index in [4.69, 9.17) is 63.1 Å². The Kier molecular flexibility index (Phi) is 91.5. The molecule has 7 unspecified atom stereocenters. The van der Waals surface area contributed by atoms with Crippen molar-refractivity contribution in [1.29, 1.82) is 0 Å². The topological polar surface area (TPSA) is 474 Å². The summed E-state index contributed by atoms with van der Waals surface area (Å²) in [6, 6.07) is 17.5. The maximum absolute atomic E-state index is 11.1. The smallest absolute Gasteiger partial charge is 0.244 e. The van der Waals surface area contributed by atoms with Crippen molar-refractivity contribution in [3.63, 3.8) is 0 Å². The van der Waals surface area contributed by atoms with Gasteiger partial charge in [-0.2, -0.15) is 0 Å². The van der Waals surface area contributed by atoms with Crippen LogP contribution in [0.15, 0.2) is 71.2 Å². The quantitative estimate of drug-likeness (QED) is 0.0198. The molecule has 546 valence electrons. The lowest BCUT2D eigenvalue weighted by Gasteiger charge is -2.11. The maximum Gasteiger partial charge on any atom is 0.244 e. The first-order valence-corrected chi connectivity index (χ1v) is 43.5. The van der Waals surface area contributed by atoms with Crippen LogP contribution in [0.4, 0.5) is 0 Å². The number of carbonyl (C=O) groups excluding carboxylic acids is 11. The second kappa shape index (κ2) is 76.7. The summed E-state index contributed by atoms with van der Waals surface area (Å²) in [4.78, 5) is 114. The monoisotopic (exact) mass is 2320 g/mol. The van der Waals surface area contributed by atoms with E-state index in [-0.39, 0.29) is 116 Å². The third-order valence-electron chi connectivity index (χ3n) is 10.9. The van der Waals surface area contributed by atoms with E-state index in [0.29, 0.717) is 61.1 Å². The van der Waals surface area contributed by atoms with Crippen molar-refractivity contribution >= 4 is 301 Å². The van der Waals surface area contributed by atoms with Crippen LogP contribution in [0.25, 0.3) is 0 Å². The molecule has 0 aliphatic rings. The molecule has 0 saturated carbocycles. The lowest BCUT2D eigenvalue weighted by Crippen LogP contribution is -2.29. The molecule has 22 nitrogen and oxygen atoms in total. The van der Waals surface area contributed by atoms with Gasteiger partial charge in [-0.1, -0.05) is 333 Å². The Morgan fingerprint density at radius 2 is 0.904 bits per heavy atom. The SMILES string of the molecule is C=C(CBr)C(N)=O.CC(Br)C(CBr)C(N)=O.CC(CBr)C(N)=O.CC(CC(N)=O)c1ccccc1.CCC(CC)C(N)=O.CCCC(N)=O.NC(=O)C(Br)CBr.NC(=O)C(CBr)CBr.NC(=O)C(CBr)CCBr.NC(=O)C(CBr)c1ccccc1Br.NC(=O)C(CI)CI. The Morgan fingerprint density at radius 3 is 1.04 bits per heavy atom. The zero-order valence-electron chi connectivity index (χ0n) is 53.3. The lowest BCUT2D eigenvalue weighted by atomic mass is 9.98. The Bertz CT molecular complexity index is 2310. The highest BCUT2D eigenvalue weighted by Crippen LogP contribution is 2.26. The molecular formula is C58H95Br12I2N11O11. The lowest BCUT2D eigenvalue weighted by molar-refractivity contribution is -0.122. The van der Waals surface area contributed by atoms with Crippen LogP contribution in [0.2, 0.25) is 0 Å². The number of benzene rings is 2. The van der Waals surface area contributed by atoms with Crippen molar-refractivity contribution in [1.82, 2.24) is 0 Å². The van der Waals surface area contributed by atoms with Gasteiger partial charge in [0.05, 0.1) is 23.7 Å². The van der Waals surface area contributed by atoms with Crippen molar-refractivity contribution in [3.05, 3.63) is 82.3 Å². The van der Waals surface area contributed by atoms with E-state index in [0.717, 1.165) is 55.5 Å². The van der Waals surface area contributed by atoms with E-state index in [1.807, 2.05) is 89.2 Å². The highest BCUT2D eigenvalue weighted by Gasteiger charge is 2.20. The maximum atomic E-state index is 11.1. The number of carbonyl (C=O) groups is 11. The standard InChI is InChI=1S/C10H13NO.C9H9Br2NO.C6H13NO.2C5H9Br2NO.C4H7Br2NO.C4H8BrNO.C4H6BrNO.C4H7I2NO.C4H9NO.C3H5Br2NO/c1-8(7-10(11)12)9-5-3-2-4-6-9;10-5-7(9(12)13)6-3-1-2-4-8(6)11;1-3-5(4-2)6(7)8;1-3(7)4(2-6)5(8)9;6-2-1-4(3-7)5(8)9;5-1-3(2-6)4(7)8;2*1-3(2-5)4(6)7;5-1-3(2-6)4(7)8;1-2-3-4(5)6;4-1-2(5)3(6)7/h2-6,8H,7H2,1H3,(H2,11,12);1-4,7H,5H2,(H2,12,13);5H,3-4H2,1-2H3,(H2,7,8);3-4H,2H2,1H3,(H2,8,9);4H,1-3H2,(H2,8,9);3H,1-2H2,(H2,7,8);3H,2H2,1H3,(H2,6,7);1-2H2,(H2,6,7);3H,1-2H2,(H2,7,8);2-3H2,1H3,(H2,5,6);2H,1H2,(H2,6,7). The van der Waals surface area contributed by atoms with Crippen LogP contribution in [0.3, 0.4) is 0 Å². The zero-order chi connectivity index (χ0) is 75.8. The number of hydrogen-bond donors (Lipinski definition) is 11. The molecule has 0 aromatic heterocycles. The predicted molar refractivity (Wildman–Crippen MR) is 446 cm³/mol. The molecule has 0 aliphatic carbocycles. The highest BCUT2D eigenvalue weighted by molar-refractivity contribution is 14.1. The summed E-state index contributed by atoms with van der Waals surface area (Å²) in [5.74, 6) is -3.06. The molecule has 22 N–H and O–H groups in total. The van der Waals surface area contributed by atoms with Gasteiger partial charge in [-0.25, -0.2) is 0 Å². The van der Waals surface area contributed by atoms with Crippen LogP contribution in [0.5, 0.6) is 0 Å². The molecule has 0 spiro atoms. The largest absolute Gasteiger partial charge is 0.370 e. The second-order valence-corrected chi connectivity index (χ2v) is 29.8. The molecule has 94 heavy (non-hydrogen) atoms. The third-order valence-corrected chi connectivity index (χ3v) is 22.5. The van der Waals surface area contributed by atoms with Crippen molar-refractivity contribution in [3.8, 4) is 0 Å². The van der Waals surface area contributed by atoms with Gasteiger partial charge in [-0.3, -0.25) is 52.7 Å². The number of nitrogens with two attached hydrogens (primary N) is 11. The second-order valence-electron chi connectivity index (χ2n) is 18.7. The number of amides is 11. The van der Waals surface area contributed by atoms with Gasteiger partial charge in [-0.05, 0) is 48.8 Å². The average Bonchev–Trinajstić information content (AvgIpc) is 0.920. The van der Waals surface area contributed by atoms with E-state index in [1.54, 1.807) is 6.92 Å². The molecule has 0 fully saturated rings. The van der Waals surface area contributed by atoms with E-state index in [9.17, 15) is 52.7 Å². The minimum Gasteiger partial charge on any atom is -0.370 e. The van der Waals surface area contributed by atoms with Crippen LogP contribution >= 0.6 is 236 Å². The number of primary amides is 11. The summed E-state index contributed by atoms with van der Waals surface area (Å²) >= 11 is 42.4. The molecule has 0 saturated heterocycles. The van der Waals surface area contributed by atoms with Crippen molar-refractivity contribution in [2.75, 3.05) is 56.8 Å². The van der Waals surface area contributed by atoms with E-state index >= 15 is 0 Å². The summed E-state index contributed by atoms with van der Waals surface area (Å²) in [6.45, 7) is 14.9. The Labute approximate surface area is 684 Å².